The van der Waals surface area contributed by atoms with E-state index in [9.17, 15) is 4.79 Å². The molecule has 0 aliphatic rings. The number of hydrogen-bond acceptors (Lipinski definition) is 3. The minimum absolute atomic E-state index is 0.00621. The molecule has 0 bridgehead atoms. The maximum absolute atomic E-state index is 12.2. The molecule has 1 atom stereocenters. The molecule has 0 radical (unpaired) electrons. The Kier molecular flexibility index (Phi) is 6.50. The van der Waals surface area contributed by atoms with Gasteiger partial charge in [-0.1, -0.05) is 18.5 Å². The van der Waals surface area contributed by atoms with E-state index in [1.165, 1.54) is 0 Å². The van der Waals surface area contributed by atoms with Crippen molar-refractivity contribution in [3.8, 4) is 0 Å². The van der Waals surface area contributed by atoms with Gasteiger partial charge in [0.15, 0.2) is 0 Å². The third-order valence-corrected chi connectivity index (χ3v) is 3.98. The van der Waals surface area contributed by atoms with Crippen LogP contribution in [0.25, 0.3) is 0 Å². The van der Waals surface area contributed by atoms with Gasteiger partial charge in [-0.05, 0) is 37.0 Å². The van der Waals surface area contributed by atoms with Gasteiger partial charge in [0.05, 0.1) is 0 Å². The molecule has 3 nitrogen and oxygen atoms in total. The number of carbonyl (C=O) groups excluding carboxylic acids is 1. The Bertz CT molecular complexity index is 400. The van der Waals surface area contributed by atoms with Crippen LogP contribution in [0, 0.1) is 0 Å². The average Bonchev–Trinajstić information content (AvgIpc) is 2.37. The van der Waals surface area contributed by atoms with Crippen LogP contribution in [0.4, 0.5) is 0 Å². The predicted molar refractivity (Wildman–Crippen MR) is 78.4 cm³/mol. The van der Waals surface area contributed by atoms with E-state index in [2.05, 4.69) is 18.8 Å². The molecule has 0 saturated heterocycles. The highest BCUT2D eigenvalue weighted by Crippen LogP contribution is 2.13. The van der Waals surface area contributed by atoms with E-state index in [0.29, 0.717) is 10.7 Å². The molecule has 0 saturated carbocycles. The number of carbonyl (C=O) groups is 1. The fourth-order valence-corrected chi connectivity index (χ4v) is 2.50. The van der Waals surface area contributed by atoms with Crippen molar-refractivity contribution >= 4 is 29.3 Å². The average molecular weight is 287 g/mol. The zero-order chi connectivity index (χ0) is 13.5. The highest BCUT2D eigenvalue weighted by Gasteiger charge is 2.17. The number of aromatic nitrogens is 1. The summed E-state index contributed by atoms with van der Waals surface area (Å²) in [6, 6.07) is 3.52. The summed E-state index contributed by atoms with van der Waals surface area (Å²) in [5.74, 6) is 2.18. The maximum atomic E-state index is 12.2. The van der Waals surface area contributed by atoms with E-state index in [1.54, 1.807) is 23.2 Å². The van der Waals surface area contributed by atoms with Gasteiger partial charge in [0, 0.05) is 24.8 Å². The van der Waals surface area contributed by atoms with Gasteiger partial charge in [0.2, 0.25) is 0 Å². The summed E-state index contributed by atoms with van der Waals surface area (Å²) in [4.78, 5) is 17.8. The lowest BCUT2D eigenvalue weighted by atomic mass is 10.2. The summed E-state index contributed by atoms with van der Waals surface area (Å²) in [6.45, 7) is 4.21. The summed E-state index contributed by atoms with van der Waals surface area (Å²) >= 11 is 7.69. The first-order valence-corrected chi connectivity index (χ1v) is 7.56. The van der Waals surface area contributed by atoms with Crippen molar-refractivity contribution in [2.24, 2.45) is 0 Å². The van der Waals surface area contributed by atoms with Gasteiger partial charge < -0.3 is 4.90 Å². The van der Waals surface area contributed by atoms with Crippen LogP contribution in [0.15, 0.2) is 18.3 Å². The number of rotatable bonds is 6. The van der Waals surface area contributed by atoms with Crippen LogP contribution in [0.1, 0.15) is 30.6 Å². The van der Waals surface area contributed by atoms with Gasteiger partial charge in [-0.3, -0.25) is 4.79 Å². The normalized spacial score (nSPS) is 12.2. The standard InChI is InChI=1S/C13H19ClN2OS/c1-4-18-8-6-10(2)16(3)13(17)11-5-7-15-12(14)9-11/h5,7,9-10H,4,6,8H2,1-3H3/t10-/m0/s1. The summed E-state index contributed by atoms with van der Waals surface area (Å²) in [5, 5.41) is 0.350. The van der Waals surface area contributed by atoms with Crippen LogP contribution in [-0.4, -0.2) is 40.4 Å². The molecule has 0 aromatic carbocycles. The second-order valence-corrected chi connectivity index (χ2v) is 5.90. The Labute approximate surface area is 118 Å². The topological polar surface area (TPSA) is 33.2 Å². The summed E-state index contributed by atoms with van der Waals surface area (Å²) in [5.41, 5.74) is 0.590. The quantitative estimate of drug-likeness (QED) is 0.594. The zero-order valence-electron chi connectivity index (χ0n) is 11.0. The van der Waals surface area contributed by atoms with Crippen LogP contribution >= 0.6 is 23.4 Å². The SMILES string of the molecule is CCSCC[C@H](C)N(C)C(=O)c1ccnc(Cl)c1. The molecule has 1 aromatic heterocycles. The van der Waals surface area contributed by atoms with Crippen molar-refractivity contribution in [2.45, 2.75) is 26.3 Å². The Balaban J connectivity index is 2.60. The second-order valence-electron chi connectivity index (χ2n) is 4.12. The van der Waals surface area contributed by atoms with Gasteiger partial charge in [-0.15, -0.1) is 0 Å². The molecule has 0 spiro atoms. The van der Waals surface area contributed by atoms with E-state index < -0.39 is 0 Å². The first-order chi connectivity index (χ1) is 8.56. The lowest BCUT2D eigenvalue weighted by Crippen LogP contribution is -2.35. The summed E-state index contributed by atoms with van der Waals surface area (Å²) in [6.07, 6.45) is 2.56. The van der Waals surface area contributed by atoms with E-state index >= 15 is 0 Å². The molecule has 0 N–H and O–H groups in total. The molecule has 5 heteroatoms. The number of amides is 1. The van der Waals surface area contributed by atoms with Crippen molar-refractivity contribution in [1.82, 2.24) is 9.88 Å². The van der Waals surface area contributed by atoms with Crippen LogP contribution in [0.2, 0.25) is 5.15 Å². The smallest absolute Gasteiger partial charge is 0.254 e. The Hall–Kier alpha value is -0.740. The van der Waals surface area contributed by atoms with Crippen molar-refractivity contribution in [2.75, 3.05) is 18.6 Å². The fraction of sp³-hybridized carbons (Fsp3) is 0.538. The van der Waals surface area contributed by atoms with E-state index in [0.717, 1.165) is 17.9 Å². The zero-order valence-corrected chi connectivity index (χ0v) is 12.6. The lowest BCUT2D eigenvalue weighted by molar-refractivity contribution is 0.0741. The van der Waals surface area contributed by atoms with Crippen molar-refractivity contribution < 1.29 is 4.79 Å². The van der Waals surface area contributed by atoms with Gasteiger partial charge in [-0.2, -0.15) is 11.8 Å². The number of halogens is 1. The molecule has 1 heterocycles. The van der Waals surface area contributed by atoms with E-state index in [4.69, 9.17) is 11.6 Å². The highest BCUT2D eigenvalue weighted by molar-refractivity contribution is 7.99. The third kappa shape index (κ3) is 4.50. The minimum Gasteiger partial charge on any atom is -0.339 e. The molecule has 0 fully saturated rings. The van der Waals surface area contributed by atoms with Gasteiger partial charge >= 0.3 is 0 Å². The molecule has 1 aromatic rings. The van der Waals surface area contributed by atoms with Crippen molar-refractivity contribution in [3.63, 3.8) is 0 Å². The van der Waals surface area contributed by atoms with E-state index in [1.807, 2.05) is 18.8 Å². The number of pyridine rings is 1. The maximum Gasteiger partial charge on any atom is 0.254 e. The molecular weight excluding hydrogens is 268 g/mol. The molecule has 18 heavy (non-hydrogen) atoms. The molecule has 0 unspecified atom stereocenters. The van der Waals surface area contributed by atoms with Crippen molar-refractivity contribution in [3.05, 3.63) is 29.0 Å². The first kappa shape index (κ1) is 15.3. The second kappa shape index (κ2) is 7.64. The van der Waals surface area contributed by atoms with Crippen molar-refractivity contribution in [1.29, 1.82) is 0 Å². The molecular formula is C13H19ClN2OS. The highest BCUT2D eigenvalue weighted by atomic mass is 35.5. The molecule has 1 amide bonds. The number of hydrogen-bond donors (Lipinski definition) is 0. The van der Waals surface area contributed by atoms with Crippen LogP contribution < -0.4 is 0 Å². The molecule has 0 aliphatic carbocycles. The lowest BCUT2D eigenvalue weighted by Gasteiger charge is -2.25. The summed E-state index contributed by atoms with van der Waals surface area (Å²) < 4.78 is 0. The Morgan fingerprint density at radius 2 is 2.33 bits per heavy atom. The first-order valence-electron chi connectivity index (χ1n) is 6.02. The molecule has 1 rings (SSSR count). The third-order valence-electron chi connectivity index (χ3n) is 2.84. The summed E-state index contributed by atoms with van der Waals surface area (Å²) in [7, 11) is 1.83. The molecule has 0 aliphatic heterocycles. The minimum atomic E-state index is -0.00621. The van der Waals surface area contributed by atoms with Crippen LogP contribution in [0.5, 0.6) is 0 Å². The van der Waals surface area contributed by atoms with Gasteiger partial charge in [0.1, 0.15) is 5.15 Å². The fourth-order valence-electron chi connectivity index (χ4n) is 1.53. The number of nitrogens with zero attached hydrogens (tertiary/aromatic N) is 2. The Morgan fingerprint density at radius 1 is 1.61 bits per heavy atom. The van der Waals surface area contributed by atoms with Crippen LogP contribution in [0.3, 0.4) is 0 Å². The predicted octanol–water partition coefficient (Wildman–Crippen LogP) is 3.34. The monoisotopic (exact) mass is 286 g/mol. The largest absolute Gasteiger partial charge is 0.339 e. The van der Waals surface area contributed by atoms with Gasteiger partial charge in [0.25, 0.3) is 5.91 Å². The van der Waals surface area contributed by atoms with Crippen LogP contribution in [-0.2, 0) is 0 Å². The number of thioether (sulfide) groups is 1. The van der Waals surface area contributed by atoms with Gasteiger partial charge in [-0.25, -0.2) is 4.98 Å². The molecule has 100 valence electrons. The van der Waals surface area contributed by atoms with E-state index in [-0.39, 0.29) is 11.9 Å². The Morgan fingerprint density at radius 3 is 2.94 bits per heavy atom.